The van der Waals surface area contributed by atoms with Crippen LogP contribution in [-0.4, -0.2) is 24.0 Å². The molecule has 6 nitrogen and oxygen atoms in total. The zero-order chi connectivity index (χ0) is 20.8. The number of nitrogens with one attached hydrogen (secondary N) is 1. The normalized spacial score (nSPS) is 10.4. The lowest BCUT2D eigenvalue weighted by Gasteiger charge is -2.09. The smallest absolute Gasteiger partial charge is 0.337 e. The number of thiazole rings is 1. The van der Waals surface area contributed by atoms with Crippen molar-refractivity contribution in [1.29, 1.82) is 0 Å². The average molecular weight is 431 g/mol. The highest BCUT2D eigenvalue weighted by molar-refractivity contribution is 7.09. The molecule has 1 aromatic heterocycles. The zero-order valence-corrected chi connectivity index (χ0v) is 17.5. The van der Waals surface area contributed by atoms with Crippen molar-refractivity contribution in [2.75, 3.05) is 12.4 Å². The molecule has 0 fully saturated rings. The molecule has 1 N–H and O–H groups in total. The summed E-state index contributed by atoms with van der Waals surface area (Å²) in [4.78, 5) is 28.4. The first-order chi connectivity index (χ1) is 13.9. The van der Waals surface area contributed by atoms with Crippen molar-refractivity contribution in [3.63, 3.8) is 0 Å². The summed E-state index contributed by atoms with van der Waals surface area (Å²) in [5.74, 6) is 0.103. The number of aryl methyl sites for hydroxylation is 1. The lowest BCUT2D eigenvalue weighted by atomic mass is 10.1. The molecule has 2 aromatic carbocycles. The predicted octanol–water partition coefficient (Wildman–Crippen LogP) is 4.65. The minimum absolute atomic E-state index is 0.148. The van der Waals surface area contributed by atoms with Gasteiger partial charge in [-0.25, -0.2) is 9.78 Å². The van der Waals surface area contributed by atoms with Crippen LogP contribution in [0, 0.1) is 6.92 Å². The molecule has 3 aromatic rings. The van der Waals surface area contributed by atoms with Gasteiger partial charge in [-0.2, -0.15) is 0 Å². The summed E-state index contributed by atoms with van der Waals surface area (Å²) in [7, 11) is 1.33. The van der Waals surface area contributed by atoms with E-state index < -0.39 is 5.97 Å². The highest BCUT2D eigenvalue weighted by Crippen LogP contribution is 2.20. The van der Waals surface area contributed by atoms with E-state index in [9.17, 15) is 9.59 Å². The second-order valence-electron chi connectivity index (χ2n) is 6.22. The van der Waals surface area contributed by atoms with Crippen LogP contribution in [0.15, 0.2) is 47.8 Å². The third-order valence-corrected chi connectivity index (χ3v) is 5.16. The van der Waals surface area contributed by atoms with Gasteiger partial charge in [-0.3, -0.25) is 4.79 Å². The topological polar surface area (TPSA) is 77.5 Å². The second kappa shape index (κ2) is 9.54. The molecule has 0 radical (unpaired) electrons. The van der Waals surface area contributed by atoms with E-state index in [2.05, 4.69) is 10.3 Å². The molecular weight excluding hydrogens is 412 g/mol. The molecule has 29 heavy (non-hydrogen) atoms. The molecule has 1 heterocycles. The number of ether oxygens (including phenoxy) is 2. The van der Waals surface area contributed by atoms with Crippen molar-refractivity contribution in [2.24, 2.45) is 0 Å². The summed E-state index contributed by atoms with van der Waals surface area (Å²) < 4.78 is 10.4. The van der Waals surface area contributed by atoms with Crippen LogP contribution in [0.25, 0.3) is 0 Å². The van der Waals surface area contributed by atoms with E-state index in [0.29, 0.717) is 34.3 Å². The number of hydrogen-bond acceptors (Lipinski definition) is 6. The minimum Gasteiger partial charge on any atom is -0.486 e. The quantitative estimate of drug-likeness (QED) is 0.552. The third-order valence-electron chi connectivity index (χ3n) is 4.04. The number of aromatic nitrogens is 1. The molecule has 8 heteroatoms. The SMILES string of the molecule is COC(=O)c1ccc(NC(=O)Cc2csc(COc3ccc(Cl)cc3)n2)c(C)c1. The number of hydrogen-bond donors (Lipinski definition) is 1. The Morgan fingerprint density at radius 2 is 1.93 bits per heavy atom. The summed E-state index contributed by atoms with van der Waals surface area (Å²) in [5.41, 5.74) is 2.53. The molecule has 0 saturated heterocycles. The lowest BCUT2D eigenvalue weighted by Crippen LogP contribution is -2.15. The molecule has 0 aliphatic heterocycles. The Morgan fingerprint density at radius 3 is 2.62 bits per heavy atom. The Kier molecular flexibility index (Phi) is 6.85. The van der Waals surface area contributed by atoms with Crippen molar-refractivity contribution in [2.45, 2.75) is 20.0 Å². The Labute approximate surface area is 177 Å². The van der Waals surface area contributed by atoms with Gasteiger partial charge < -0.3 is 14.8 Å². The minimum atomic E-state index is -0.415. The third kappa shape index (κ3) is 5.79. The van der Waals surface area contributed by atoms with E-state index in [1.807, 2.05) is 12.3 Å². The van der Waals surface area contributed by atoms with Gasteiger partial charge in [0.25, 0.3) is 0 Å². The largest absolute Gasteiger partial charge is 0.486 e. The second-order valence-corrected chi connectivity index (χ2v) is 7.60. The van der Waals surface area contributed by atoms with Crippen LogP contribution < -0.4 is 10.1 Å². The standard InChI is InChI=1S/C21H19ClN2O4S/c1-13-9-14(21(26)27-2)3-8-18(13)24-19(25)10-16-12-29-20(23-16)11-28-17-6-4-15(22)5-7-17/h3-9,12H,10-11H2,1-2H3,(H,24,25). The van der Waals surface area contributed by atoms with Gasteiger partial charge in [0.15, 0.2) is 0 Å². The van der Waals surface area contributed by atoms with Crippen LogP contribution in [0.5, 0.6) is 5.75 Å². The van der Waals surface area contributed by atoms with Crippen LogP contribution in [0.1, 0.15) is 26.6 Å². The number of anilines is 1. The lowest BCUT2D eigenvalue weighted by molar-refractivity contribution is -0.115. The van der Waals surface area contributed by atoms with E-state index in [0.717, 1.165) is 10.6 Å². The average Bonchev–Trinajstić information content (AvgIpc) is 3.15. The van der Waals surface area contributed by atoms with Crippen LogP contribution in [0.2, 0.25) is 5.02 Å². The summed E-state index contributed by atoms with van der Waals surface area (Å²) in [5, 5.41) is 6.11. The van der Waals surface area contributed by atoms with Gasteiger partial charge in [0.1, 0.15) is 17.4 Å². The molecule has 0 aliphatic carbocycles. The summed E-state index contributed by atoms with van der Waals surface area (Å²) in [6, 6.07) is 12.1. The van der Waals surface area contributed by atoms with Crippen molar-refractivity contribution in [3.05, 3.63) is 74.7 Å². The number of amides is 1. The molecule has 150 valence electrons. The molecule has 1 amide bonds. The van der Waals surface area contributed by atoms with Crippen LogP contribution in [0.3, 0.4) is 0 Å². The molecule has 3 rings (SSSR count). The fourth-order valence-electron chi connectivity index (χ4n) is 2.58. The summed E-state index contributed by atoms with van der Waals surface area (Å²) in [6.45, 7) is 2.14. The molecular formula is C21H19ClN2O4S. The molecule has 0 spiro atoms. The van der Waals surface area contributed by atoms with Gasteiger partial charge >= 0.3 is 5.97 Å². The van der Waals surface area contributed by atoms with Gasteiger partial charge in [0, 0.05) is 16.1 Å². The van der Waals surface area contributed by atoms with Gasteiger partial charge in [0.2, 0.25) is 5.91 Å². The van der Waals surface area contributed by atoms with Crippen molar-refractivity contribution in [3.8, 4) is 5.75 Å². The number of rotatable bonds is 7. The van der Waals surface area contributed by atoms with E-state index in [4.69, 9.17) is 21.1 Å². The summed E-state index contributed by atoms with van der Waals surface area (Å²) >= 11 is 7.29. The number of methoxy groups -OCH3 is 1. The van der Waals surface area contributed by atoms with E-state index in [1.165, 1.54) is 18.4 Å². The number of nitrogens with zero attached hydrogens (tertiary/aromatic N) is 1. The number of carbonyl (C=O) groups is 2. The van der Waals surface area contributed by atoms with Crippen LogP contribution in [0.4, 0.5) is 5.69 Å². The van der Waals surface area contributed by atoms with E-state index in [1.54, 1.807) is 42.5 Å². The Morgan fingerprint density at radius 1 is 1.17 bits per heavy atom. The fraction of sp³-hybridized carbons (Fsp3) is 0.190. The Balaban J connectivity index is 1.54. The maximum absolute atomic E-state index is 12.3. The highest BCUT2D eigenvalue weighted by atomic mass is 35.5. The van der Waals surface area contributed by atoms with Crippen molar-refractivity contribution >= 4 is 40.5 Å². The highest BCUT2D eigenvalue weighted by Gasteiger charge is 2.12. The van der Waals surface area contributed by atoms with Gasteiger partial charge in [-0.1, -0.05) is 11.6 Å². The van der Waals surface area contributed by atoms with Gasteiger partial charge in [-0.15, -0.1) is 11.3 Å². The van der Waals surface area contributed by atoms with E-state index >= 15 is 0 Å². The van der Waals surface area contributed by atoms with Crippen molar-refractivity contribution < 1.29 is 19.1 Å². The van der Waals surface area contributed by atoms with Crippen LogP contribution >= 0.6 is 22.9 Å². The monoisotopic (exact) mass is 430 g/mol. The summed E-state index contributed by atoms with van der Waals surface area (Å²) in [6.07, 6.45) is 0.148. The number of halogens is 1. The predicted molar refractivity (Wildman–Crippen MR) is 113 cm³/mol. The van der Waals surface area contributed by atoms with Crippen LogP contribution in [-0.2, 0) is 22.6 Å². The van der Waals surface area contributed by atoms with E-state index in [-0.39, 0.29) is 12.3 Å². The molecule has 0 saturated carbocycles. The van der Waals surface area contributed by atoms with Gasteiger partial charge in [-0.05, 0) is 55.0 Å². The Hall–Kier alpha value is -2.90. The maximum atomic E-state index is 12.3. The van der Waals surface area contributed by atoms with Gasteiger partial charge in [0.05, 0.1) is 24.8 Å². The molecule has 0 bridgehead atoms. The van der Waals surface area contributed by atoms with Crippen molar-refractivity contribution in [1.82, 2.24) is 4.98 Å². The number of benzene rings is 2. The number of esters is 1. The molecule has 0 unspecified atom stereocenters. The fourth-order valence-corrected chi connectivity index (χ4v) is 3.41. The molecule has 0 atom stereocenters. The first-order valence-corrected chi connectivity index (χ1v) is 10.0. The Bertz CT molecular complexity index is 1020. The first kappa shape index (κ1) is 20.8. The zero-order valence-electron chi connectivity index (χ0n) is 15.9. The maximum Gasteiger partial charge on any atom is 0.337 e. The first-order valence-electron chi connectivity index (χ1n) is 8.75. The molecule has 0 aliphatic rings. The number of carbonyl (C=O) groups excluding carboxylic acids is 2.